The number of nitrogens with one attached hydrogen (secondary N) is 12. The molecule has 20 rings (SSSR count). The number of carbonyl (C=O) groups excluding carboxylic acids is 4. The summed E-state index contributed by atoms with van der Waals surface area (Å²) >= 11 is 0. The van der Waals surface area contributed by atoms with E-state index in [9.17, 15) is 36.7 Å². The molecule has 4 aromatic heterocycles. The summed E-state index contributed by atoms with van der Waals surface area (Å²) in [5.41, 5.74) is 10.6. The van der Waals surface area contributed by atoms with E-state index in [4.69, 9.17) is 14.2 Å². The Hall–Kier alpha value is -15.6. The second-order valence-electron chi connectivity index (χ2n) is 34.3. The van der Waals surface area contributed by atoms with Crippen LogP contribution in [0.2, 0.25) is 0 Å². The number of amides is 4. The van der Waals surface area contributed by atoms with E-state index in [2.05, 4.69) is 174 Å². The van der Waals surface area contributed by atoms with Crippen molar-refractivity contribution in [2.24, 2.45) is 10.8 Å². The number of piperidine rings is 6. The van der Waals surface area contributed by atoms with E-state index in [0.717, 1.165) is 157 Å². The third kappa shape index (κ3) is 29.2. The third-order valence-electron chi connectivity index (χ3n) is 24.3. The highest BCUT2D eigenvalue weighted by molar-refractivity contribution is 6.01. The zero-order chi connectivity index (χ0) is 96.9. The lowest BCUT2D eigenvalue weighted by Crippen LogP contribution is -2.50. The highest BCUT2D eigenvalue weighted by Gasteiger charge is 2.41. The van der Waals surface area contributed by atoms with E-state index in [0.29, 0.717) is 50.9 Å². The molecule has 12 N–H and O–H groups in total. The Labute approximate surface area is 803 Å². The van der Waals surface area contributed by atoms with E-state index in [1.165, 1.54) is 93.6 Å². The first-order valence-corrected chi connectivity index (χ1v) is 45.8. The van der Waals surface area contributed by atoms with Gasteiger partial charge >= 0.3 is 0 Å². The number of fused-ring (bicyclic) bond motifs is 6. The molecule has 0 aliphatic carbocycles. The maximum absolute atomic E-state index is 14.5. The Morgan fingerprint density at radius 3 is 0.942 bits per heavy atom. The minimum absolute atomic E-state index is 0.00911. The zero-order valence-corrected chi connectivity index (χ0v) is 77.1. The van der Waals surface area contributed by atoms with Gasteiger partial charge in [0.05, 0.1) is 51.2 Å². The fourth-order valence-electron chi connectivity index (χ4n) is 16.3. The Morgan fingerprint density at radius 2 is 0.619 bits per heavy atom. The number of anilines is 20. The molecule has 0 unspecified atom stereocenters. The van der Waals surface area contributed by atoms with Crippen molar-refractivity contribution >= 4 is 139 Å². The van der Waals surface area contributed by atoms with Crippen LogP contribution in [0.25, 0.3) is 0 Å². The topological polar surface area (TPSA) is 360 Å². The fraction of sp³-hybridized carbons (Fsp3) is 0.262. The maximum Gasteiger partial charge on any atom is 0.247 e. The Morgan fingerprint density at radius 1 is 0.338 bits per heavy atom. The lowest BCUT2D eigenvalue weighted by molar-refractivity contribution is -0.112. The largest absolute Gasteiger partial charge is 0.493 e. The number of rotatable bonds is 34. The van der Waals surface area contributed by atoms with Crippen LogP contribution < -0.4 is 73.3 Å². The number of morpholine rings is 1. The molecule has 12 aromatic rings. The van der Waals surface area contributed by atoms with Crippen LogP contribution in [-0.2, 0) is 37.0 Å². The Balaban J connectivity index is 0.000000140. The monoisotopic (exact) mass is 1890 g/mol. The van der Waals surface area contributed by atoms with Gasteiger partial charge in [-0.2, -0.15) is 19.9 Å². The van der Waals surface area contributed by atoms with Gasteiger partial charge in [0.1, 0.15) is 11.5 Å². The summed E-state index contributed by atoms with van der Waals surface area (Å²) in [7, 11) is 2.15. The number of hydrogen-bond donors (Lipinski definition) is 12. The summed E-state index contributed by atoms with van der Waals surface area (Å²) in [6.45, 7) is 31.7. The molecule has 0 spiro atoms. The number of aromatic nitrogens is 8. The van der Waals surface area contributed by atoms with Crippen molar-refractivity contribution in [2.75, 3.05) is 176 Å². The predicted molar refractivity (Wildman–Crippen MR) is 536 cm³/mol. The molecule has 8 aliphatic heterocycles. The average Bonchev–Trinajstić information content (AvgIpc) is 0.802. The van der Waals surface area contributed by atoms with Crippen LogP contribution >= 0.6 is 0 Å². The number of piperazine rings is 1. The standard InChI is InChI=1S/2C27H29FN6O2.C25H28FN7O.C24H25FN6O2/c1-2-24(35)30-19-5-3-6-20(15-19)31-25-23(28)17-29-26(33-25)32-21-7-4-8-22(16-21)36-18-27-9-12-34(13-10-27)14-11-27;1-2-24(35)30-20-4-3-5-21(16-20)31-25-23(28)17-29-26(33-25)32-19-6-8-22(9-7-19)36-18-27-10-13-34(14-11-27)15-12-27;1-3-23(34)28-20-5-4-6-21(15-20)29-24-22(26)16-27-25(31-24)30-19-9-7-18(8-10-19)17-33-13-11-32(2)12-14-33;1-2-22(32)27-19-4-3-5-20(14-19)28-23-21(25)15-26-24(30-23)29-18-8-6-17(7-9-18)16-31-10-12-33-13-11-31/h2-8,15-17H,1,9-14,18H2,(H,30,35)(H2,29,31,32,33);2-9,16-17H,1,10-15,18H2,(H,30,35)(H2,29,31,32,33);3-10,15-16H,1,11-14,17H2,2H3,(H,28,34)(H2,27,29,30,31);2-9,14-15H,1,10-13,16H2,(H,27,32)(H2,26,28,29,30). The van der Waals surface area contributed by atoms with Crippen molar-refractivity contribution in [1.82, 2.24) is 64.4 Å². The summed E-state index contributed by atoms with van der Waals surface area (Å²) < 4.78 is 75.3. The van der Waals surface area contributed by atoms with Crippen LogP contribution in [0.4, 0.5) is 133 Å². The van der Waals surface area contributed by atoms with Gasteiger partial charge in [-0.25, -0.2) is 37.5 Å². The maximum atomic E-state index is 14.5. The number of nitrogens with zero attached hydrogens (tertiary/aromatic N) is 13. The van der Waals surface area contributed by atoms with Crippen molar-refractivity contribution in [1.29, 1.82) is 0 Å². The number of likely N-dealkylation sites (N-methyl/N-ethyl adjacent to an activating group) is 1. The summed E-state index contributed by atoms with van der Waals surface area (Å²) in [5, 5.41) is 34.9. The minimum atomic E-state index is -0.601. The minimum Gasteiger partial charge on any atom is -0.493 e. The SMILES string of the molecule is C=CC(=O)Nc1cccc(Nc2nc(Nc3ccc(CN4CCN(C)CC4)cc3)ncc2F)c1.C=CC(=O)Nc1cccc(Nc2nc(Nc3ccc(CN4CCOCC4)cc3)ncc2F)c1.C=CC(=O)Nc1cccc(Nc2nc(Nc3ccc(OCC45CCN(CC4)CC5)cc3)ncc2F)c1.C=CC(=O)Nc1cccc(Nc2nc(Nc3cccc(OCC45CCN(CC4)CC5)c3)ncc2F)c1. The van der Waals surface area contributed by atoms with Crippen LogP contribution in [-0.4, -0.2) is 200 Å². The van der Waals surface area contributed by atoms with Crippen LogP contribution in [0.3, 0.4) is 0 Å². The van der Waals surface area contributed by atoms with Crippen molar-refractivity contribution in [3.05, 3.63) is 304 Å². The van der Waals surface area contributed by atoms with Crippen molar-refractivity contribution < 1.29 is 51.0 Å². The molecule has 139 heavy (non-hydrogen) atoms. The lowest BCUT2D eigenvalue weighted by atomic mass is 9.73. The van der Waals surface area contributed by atoms with Crippen LogP contribution in [0.15, 0.2) is 270 Å². The number of carbonyl (C=O) groups is 4. The number of hydrogen-bond acceptors (Lipinski definition) is 28. The molecular weight excluding hydrogens is 1780 g/mol. The zero-order valence-electron chi connectivity index (χ0n) is 77.1. The Bertz CT molecular complexity index is 6230. The first-order chi connectivity index (χ1) is 67.6. The van der Waals surface area contributed by atoms with Gasteiger partial charge < -0.3 is 92.7 Å². The summed E-state index contributed by atoms with van der Waals surface area (Å²) in [5.74, 6) is -1.02. The fourth-order valence-corrected chi connectivity index (χ4v) is 16.3. The van der Waals surface area contributed by atoms with Crippen molar-refractivity contribution in [3.63, 3.8) is 0 Å². The summed E-state index contributed by atoms with van der Waals surface area (Å²) in [6.07, 6.45) is 16.3. The van der Waals surface area contributed by atoms with Crippen LogP contribution in [0.1, 0.15) is 49.7 Å². The number of ether oxygens (including phenoxy) is 3. The second kappa shape index (κ2) is 47.7. The molecule has 8 fully saturated rings. The van der Waals surface area contributed by atoms with Crippen LogP contribution in [0, 0.1) is 34.1 Å². The Kier molecular flexibility index (Phi) is 33.6. The summed E-state index contributed by atoms with van der Waals surface area (Å²) in [6, 6.07) is 58.8. The molecule has 12 heterocycles. The van der Waals surface area contributed by atoms with E-state index >= 15 is 0 Å². The average molecular weight is 1890 g/mol. The summed E-state index contributed by atoms with van der Waals surface area (Å²) in [4.78, 5) is 91.6. The predicted octanol–water partition coefficient (Wildman–Crippen LogP) is 18.2. The van der Waals surface area contributed by atoms with Gasteiger partial charge in [-0.3, -0.25) is 29.0 Å². The molecule has 0 radical (unpaired) electrons. The molecule has 718 valence electrons. The van der Waals surface area contributed by atoms with E-state index in [1.54, 1.807) is 97.1 Å². The highest BCUT2D eigenvalue weighted by Crippen LogP contribution is 2.43. The molecule has 8 aromatic carbocycles. The van der Waals surface area contributed by atoms with Gasteiger partial charge in [0, 0.05) is 138 Å². The van der Waals surface area contributed by atoms with Gasteiger partial charge in [0.25, 0.3) is 0 Å². The quantitative estimate of drug-likeness (QED) is 0.0132. The molecule has 32 nitrogen and oxygen atoms in total. The molecule has 0 saturated carbocycles. The van der Waals surface area contributed by atoms with E-state index < -0.39 is 23.3 Å². The van der Waals surface area contributed by atoms with Crippen molar-refractivity contribution in [2.45, 2.75) is 51.6 Å². The molecular formula is C103H111F4N25O7. The van der Waals surface area contributed by atoms with E-state index in [1.807, 2.05) is 84.9 Å². The first-order valence-electron chi connectivity index (χ1n) is 45.8. The van der Waals surface area contributed by atoms with Gasteiger partial charge in [-0.05, 0) is 254 Å². The van der Waals surface area contributed by atoms with Crippen LogP contribution in [0.5, 0.6) is 11.5 Å². The molecule has 0 atom stereocenters. The lowest BCUT2D eigenvalue weighted by Gasteiger charge is -2.48. The van der Waals surface area contributed by atoms with E-state index in [-0.39, 0.29) is 76.1 Å². The second-order valence-corrected chi connectivity index (χ2v) is 34.3. The smallest absolute Gasteiger partial charge is 0.247 e. The van der Waals surface area contributed by atoms with Gasteiger partial charge in [-0.15, -0.1) is 0 Å². The number of halogens is 4. The van der Waals surface area contributed by atoms with Crippen molar-refractivity contribution in [3.8, 4) is 11.5 Å². The highest BCUT2D eigenvalue weighted by atomic mass is 19.1. The molecule has 36 heteroatoms. The third-order valence-corrected chi connectivity index (χ3v) is 24.3. The van der Waals surface area contributed by atoms with Gasteiger partial charge in [0.2, 0.25) is 47.4 Å². The van der Waals surface area contributed by atoms with Gasteiger partial charge in [0.15, 0.2) is 46.5 Å². The first kappa shape index (κ1) is 97.9. The molecule has 4 bridgehead atoms. The normalized spacial score (nSPS) is 17.4. The van der Waals surface area contributed by atoms with Gasteiger partial charge in [-0.1, -0.05) is 80.9 Å². The molecule has 8 saturated heterocycles. The molecule has 8 aliphatic rings. The molecule has 4 amide bonds. The number of benzene rings is 8.